The zero-order chi connectivity index (χ0) is 30.2. The summed E-state index contributed by atoms with van der Waals surface area (Å²) in [4.78, 5) is 37.6. The van der Waals surface area contributed by atoms with Gasteiger partial charge >= 0.3 is 0 Å². The quantitative estimate of drug-likeness (QED) is 0.366. The number of hydrogen-bond donors (Lipinski definition) is 2. The van der Waals surface area contributed by atoms with Crippen molar-refractivity contribution in [2.45, 2.75) is 33.0 Å². The van der Waals surface area contributed by atoms with Gasteiger partial charge in [0.25, 0.3) is 5.91 Å². The summed E-state index contributed by atoms with van der Waals surface area (Å²) in [6.45, 7) is 6.16. The predicted octanol–water partition coefficient (Wildman–Crippen LogP) is 3.49. The Bertz CT molecular complexity index is 1530. The molecule has 0 radical (unpaired) electrons. The Morgan fingerprint density at radius 3 is 2.56 bits per heavy atom. The van der Waals surface area contributed by atoms with Crippen molar-refractivity contribution in [3.05, 3.63) is 90.0 Å². The molecule has 1 aliphatic rings. The molecule has 11 nitrogen and oxygen atoms in total. The molecule has 0 fully saturated rings. The molecule has 43 heavy (non-hydrogen) atoms. The van der Waals surface area contributed by atoms with E-state index in [-0.39, 0.29) is 30.9 Å². The highest BCUT2D eigenvalue weighted by Crippen LogP contribution is 2.29. The fourth-order valence-electron chi connectivity index (χ4n) is 4.97. The topological polar surface area (TPSA) is 124 Å². The molecule has 2 bridgehead atoms. The average molecular weight is 584 g/mol. The van der Waals surface area contributed by atoms with E-state index in [1.807, 2.05) is 61.2 Å². The molecule has 1 aliphatic heterocycles. The number of benzene rings is 2. The lowest BCUT2D eigenvalue weighted by Crippen LogP contribution is -2.43. The molecule has 2 aromatic carbocycles. The fourth-order valence-corrected chi connectivity index (χ4v) is 4.97. The number of carbonyl (C=O) groups excluding carboxylic acids is 2. The normalized spacial score (nSPS) is 16.9. The number of amides is 2. The van der Waals surface area contributed by atoms with Gasteiger partial charge in [0.15, 0.2) is 23.1 Å². The van der Waals surface area contributed by atoms with Crippen molar-refractivity contribution in [2.75, 3.05) is 33.4 Å². The maximum Gasteiger partial charge on any atom is 0.251 e. The third kappa shape index (κ3) is 7.55. The van der Waals surface area contributed by atoms with Crippen molar-refractivity contribution in [3.8, 4) is 22.9 Å². The lowest BCUT2D eigenvalue weighted by atomic mass is 10.0. The minimum absolute atomic E-state index is 0.0308. The number of hydrogen-bond acceptors (Lipinski definition) is 8. The van der Waals surface area contributed by atoms with Gasteiger partial charge in [0, 0.05) is 43.2 Å². The minimum Gasteiger partial charge on any atom is -0.493 e. The van der Waals surface area contributed by atoms with Crippen LogP contribution < -0.4 is 20.1 Å². The Labute approximate surface area is 251 Å². The summed E-state index contributed by atoms with van der Waals surface area (Å²) < 4.78 is 13.4. The van der Waals surface area contributed by atoms with Gasteiger partial charge in [-0.3, -0.25) is 19.5 Å². The van der Waals surface area contributed by atoms with E-state index in [2.05, 4.69) is 15.6 Å². The van der Waals surface area contributed by atoms with E-state index in [0.717, 1.165) is 11.1 Å². The number of carbonyl (C=O) groups is 2. The second-order valence-electron chi connectivity index (χ2n) is 10.7. The van der Waals surface area contributed by atoms with Crippen LogP contribution in [0.15, 0.2) is 73.1 Å². The third-order valence-electron chi connectivity index (χ3n) is 7.22. The molecule has 0 aliphatic carbocycles. The van der Waals surface area contributed by atoms with Gasteiger partial charge in [0.2, 0.25) is 5.91 Å². The van der Waals surface area contributed by atoms with Crippen LogP contribution >= 0.6 is 0 Å². The highest BCUT2D eigenvalue weighted by Gasteiger charge is 2.27. The van der Waals surface area contributed by atoms with Crippen LogP contribution in [-0.2, 0) is 17.9 Å². The first-order valence-corrected chi connectivity index (χ1v) is 14.4. The van der Waals surface area contributed by atoms with Gasteiger partial charge in [-0.15, -0.1) is 0 Å². The number of aromatic nitrogens is 4. The van der Waals surface area contributed by atoms with Gasteiger partial charge in [-0.25, -0.2) is 9.67 Å². The maximum absolute atomic E-state index is 13.5. The number of nitrogens with zero attached hydrogens (tertiary/aromatic N) is 5. The first kappa shape index (κ1) is 29.7. The number of ether oxygens (including phenoxy) is 2. The Kier molecular flexibility index (Phi) is 9.63. The van der Waals surface area contributed by atoms with Crippen molar-refractivity contribution >= 4 is 11.8 Å². The number of nitrogens with one attached hydrogen (secondary N) is 2. The third-order valence-corrected chi connectivity index (χ3v) is 7.22. The van der Waals surface area contributed by atoms with Gasteiger partial charge in [-0.05, 0) is 41.8 Å². The Balaban J connectivity index is 1.50. The SMILES string of the molecule is COc1ccc2cc1OCCn1nc(-c3ccccc3)nc1[C@@H](C(C)C)NC(=O)CN(Cc1ccncc1)CCNC2=O. The zero-order valence-electron chi connectivity index (χ0n) is 24.7. The van der Waals surface area contributed by atoms with Crippen molar-refractivity contribution < 1.29 is 19.1 Å². The molecule has 5 rings (SSSR count). The number of pyridine rings is 1. The lowest BCUT2D eigenvalue weighted by molar-refractivity contribution is -0.123. The molecule has 11 heteroatoms. The van der Waals surface area contributed by atoms with Crippen molar-refractivity contribution in [3.63, 3.8) is 0 Å². The largest absolute Gasteiger partial charge is 0.493 e. The van der Waals surface area contributed by atoms with Crippen LogP contribution in [0.3, 0.4) is 0 Å². The summed E-state index contributed by atoms with van der Waals surface area (Å²) in [5, 5.41) is 11.0. The molecular formula is C32H37N7O4. The van der Waals surface area contributed by atoms with E-state index in [0.29, 0.717) is 54.9 Å². The molecular weight excluding hydrogens is 546 g/mol. The molecule has 2 aromatic heterocycles. The van der Waals surface area contributed by atoms with Crippen molar-refractivity contribution in [2.24, 2.45) is 5.92 Å². The average Bonchev–Trinajstić information content (AvgIpc) is 3.43. The Morgan fingerprint density at radius 2 is 1.81 bits per heavy atom. The number of fused-ring (bicyclic) bond motifs is 3. The Morgan fingerprint density at radius 1 is 1.02 bits per heavy atom. The van der Waals surface area contributed by atoms with E-state index in [1.54, 1.807) is 42.4 Å². The maximum atomic E-state index is 13.5. The predicted molar refractivity (Wildman–Crippen MR) is 162 cm³/mol. The fraction of sp³-hybridized carbons (Fsp3) is 0.344. The van der Waals surface area contributed by atoms with Crippen molar-refractivity contribution in [1.82, 2.24) is 35.3 Å². The number of methoxy groups -OCH3 is 1. The van der Waals surface area contributed by atoms with Crippen LogP contribution in [0.2, 0.25) is 0 Å². The highest BCUT2D eigenvalue weighted by atomic mass is 16.5. The summed E-state index contributed by atoms with van der Waals surface area (Å²) in [7, 11) is 1.56. The van der Waals surface area contributed by atoms with E-state index < -0.39 is 6.04 Å². The molecule has 3 heterocycles. The van der Waals surface area contributed by atoms with E-state index in [1.165, 1.54) is 0 Å². The highest BCUT2D eigenvalue weighted by molar-refractivity contribution is 5.94. The van der Waals surface area contributed by atoms with Crippen LogP contribution in [0.1, 0.15) is 41.6 Å². The summed E-state index contributed by atoms with van der Waals surface area (Å²) in [5.41, 5.74) is 2.35. The molecule has 4 aromatic rings. The van der Waals surface area contributed by atoms with Crippen LogP contribution in [0.4, 0.5) is 0 Å². The smallest absolute Gasteiger partial charge is 0.251 e. The van der Waals surface area contributed by atoms with Gasteiger partial charge in [-0.2, -0.15) is 5.10 Å². The van der Waals surface area contributed by atoms with Gasteiger partial charge in [0.05, 0.1) is 26.2 Å². The van der Waals surface area contributed by atoms with E-state index in [4.69, 9.17) is 19.6 Å². The van der Waals surface area contributed by atoms with Gasteiger partial charge < -0.3 is 20.1 Å². The van der Waals surface area contributed by atoms with Gasteiger partial charge in [0.1, 0.15) is 6.61 Å². The van der Waals surface area contributed by atoms with Crippen LogP contribution in [0.5, 0.6) is 11.5 Å². The molecule has 2 amide bonds. The summed E-state index contributed by atoms with van der Waals surface area (Å²) >= 11 is 0. The Hall–Kier alpha value is -4.77. The molecule has 0 saturated carbocycles. The lowest BCUT2D eigenvalue weighted by Gasteiger charge is -2.26. The van der Waals surface area contributed by atoms with Crippen LogP contribution in [0.25, 0.3) is 11.4 Å². The van der Waals surface area contributed by atoms with E-state index in [9.17, 15) is 9.59 Å². The standard InChI is InChI=1S/C32H37N7O4/c1-22(2)29-31-36-30(24-7-5-4-6-8-24)37-39(31)17-18-43-27-19-25(9-10-26(27)42-3)32(41)34-15-16-38(21-28(40)35-29)20-23-11-13-33-14-12-23/h4-14,19,22,29H,15-18,20-21H2,1-3H3,(H,34,41)(H,35,40)/t29-/m1/s1. The van der Waals surface area contributed by atoms with Gasteiger partial charge in [-0.1, -0.05) is 44.2 Å². The number of rotatable bonds is 5. The molecule has 224 valence electrons. The first-order chi connectivity index (χ1) is 20.9. The summed E-state index contributed by atoms with van der Waals surface area (Å²) in [6, 6.07) is 18.3. The first-order valence-electron chi connectivity index (χ1n) is 14.4. The zero-order valence-corrected chi connectivity index (χ0v) is 24.7. The molecule has 0 saturated heterocycles. The summed E-state index contributed by atoms with van der Waals surface area (Å²) in [6.07, 6.45) is 3.46. The van der Waals surface area contributed by atoms with Crippen LogP contribution in [0, 0.1) is 5.92 Å². The van der Waals surface area contributed by atoms with Crippen molar-refractivity contribution in [1.29, 1.82) is 0 Å². The molecule has 0 unspecified atom stereocenters. The van der Waals surface area contributed by atoms with Crippen LogP contribution in [-0.4, -0.2) is 69.8 Å². The second kappa shape index (κ2) is 13.9. The molecule has 1 atom stereocenters. The molecule has 2 N–H and O–H groups in total. The molecule has 0 spiro atoms. The monoisotopic (exact) mass is 583 g/mol. The minimum atomic E-state index is -0.395. The van der Waals surface area contributed by atoms with E-state index >= 15 is 0 Å². The second-order valence-corrected chi connectivity index (χ2v) is 10.7. The summed E-state index contributed by atoms with van der Waals surface area (Å²) in [5.74, 6) is 1.84.